The summed E-state index contributed by atoms with van der Waals surface area (Å²) in [6, 6.07) is 0. The normalized spacial score (nSPS) is 30.2. The van der Waals surface area contributed by atoms with E-state index in [9.17, 15) is 5.11 Å². The first-order valence-electron chi connectivity index (χ1n) is 6.72. The molecule has 3 nitrogen and oxygen atoms in total. The Kier molecular flexibility index (Phi) is 5.07. The summed E-state index contributed by atoms with van der Waals surface area (Å²) in [5.41, 5.74) is 0. The molecule has 1 N–H and O–H groups in total. The highest BCUT2D eigenvalue weighted by Crippen LogP contribution is 2.24. The Morgan fingerprint density at radius 1 is 1.00 bits per heavy atom. The molecule has 0 radical (unpaired) electrons. The van der Waals surface area contributed by atoms with Crippen molar-refractivity contribution in [2.24, 2.45) is 5.92 Å². The average molecular weight is 228 g/mol. The van der Waals surface area contributed by atoms with E-state index in [1.807, 2.05) is 0 Å². The molecule has 16 heavy (non-hydrogen) atoms. The van der Waals surface area contributed by atoms with Crippen molar-refractivity contribution in [2.75, 3.05) is 19.8 Å². The molecule has 2 aliphatic rings. The van der Waals surface area contributed by atoms with Crippen molar-refractivity contribution in [3.05, 3.63) is 0 Å². The molecular weight excluding hydrogens is 204 g/mol. The van der Waals surface area contributed by atoms with Crippen LogP contribution < -0.4 is 0 Å². The minimum atomic E-state index is -0.175. The van der Waals surface area contributed by atoms with Gasteiger partial charge in [0.25, 0.3) is 0 Å². The first kappa shape index (κ1) is 12.3. The van der Waals surface area contributed by atoms with Gasteiger partial charge in [-0.2, -0.15) is 0 Å². The molecule has 0 amide bonds. The fraction of sp³-hybridized carbons (Fsp3) is 1.00. The summed E-state index contributed by atoms with van der Waals surface area (Å²) in [5.74, 6) is 0.660. The second-order valence-electron chi connectivity index (χ2n) is 5.17. The number of ether oxygens (including phenoxy) is 2. The number of hydrogen-bond donors (Lipinski definition) is 1. The van der Waals surface area contributed by atoms with Crippen LogP contribution in [0.15, 0.2) is 0 Å². The van der Waals surface area contributed by atoms with Crippen LogP contribution in [-0.4, -0.2) is 37.1 Å². The third-order valence-corrected chi connectivity index (χ3v) is 3.76. The van der Waals surface area contributed by atoms with Gasteiger partial charge in [0.1, 0.15) is 0 Å². The van der Waals surface area contributed by atoms with Gasteiger partial charge in [-0.05, 0) is 50.9 Å². The first-order valence-corrected chi connectivity index (χ1v) is 6.72. The maximum atomic E-state index is 10.0. The van der Waals surface area contributed by atoms with E-state index in [-0.39, 0.29) is 6.10 Å². The van der Waals surface area contributed by atoms with E-state index in [0.29, 0.717) is 12.0 Å². The molecule has 2 heterocycles. The van der Waals surface area contributed by atoms with Crippen LogP contribution >= 0.6 is 0 Å². The second kappa shape index (κ2) is 6.58. The van der Waals surface area contributed by atoms with Gasteiger partial charge in [-0.25, -0.2) is 0 Å². The van der Waals surface area contributed by atoms with Crippen molar-refractivity contribution in [3.8, 4) is 0 Å². The predicted molar refractivity (Wildman–Crippen MR) is 62.4 cm³/mol. The molecule has 2 atom stereocenters. The molecule has 0 spiro atoms. The lowest BCUT2D eigenvalue weighted by atomic mass is 9.91. The topological polar surface area (TPSA) is 38.7 Å². The van der Waals surface area contributed by atoms with Gasteiger partial charge >= 0.3 is 0 Å². The SMILES string of the molecule is OC(CC1CCOCC1)CC1CCCCO1. The third-order valence-electron chi connectivity index (χ3n) is 3.76. The standard InChI is InChI=1S/C13H24O3/c14-12(9-11-4-7-15-8-5-11)10-13-3-1-2-6-16-13/h11-14H,1-10H2. The molecule has 2 rings (SSSR count). The monoisotopic (exact) mass is 228 g/mol. The third kappa shape index (κ3) is 4.04. The smallest absolute Gasteiger partial charge is 0.0599 e. The van der Waals surface area contributed by atoms with Gasteiger partial charge in [-0.1, -0.05) is 0 Å². The maximum Gasteiger partial charge on any atom is 0.0599 e. The van der Waals surface area contributed by atoms with Gasteiger partial charge in [0, 0.05) is 19.8 Å². The summed E-state index contributed by atoms with van der Waals surface area (Å²) in [4.78, 5) is 0. The highest BCUT2D eigenvalue weighted by molar-refractivity contribution is 4.73. The fourth-order valence-corrected chi connectivity index (χ4v) is 2.76. The van der Waals surface area contributed by atoms with Crippen molar-refractivity contribution in [3.63, 3.8) is 0 Å². The van der Waals surface area contributed by atoms with Crippen molar-refractivity contribution in [1.29, 1.82) is 0 Å². The van der Waals surface area contributed by atoms with Crippen LogP contribution in [0, 0.1) is 5.92 Å². The summed E-state index contributed by atoms with van der Waals surface area (Å²) in [7, 11) is 0. The largest absolute Gasteiger partial charge is 0.393 e. The lowest BCUT2D eigenvalue weighted by Crippen LogP contribution is -2.27. The number of hydrogen-bond acceptors (Lipinski definition) is 3. The Hall–Kier alpha value is -0.120. The quantitative estimate of drug-likeness (QED) is 0.801. The van der Waals surface area contributed by atoms with Gasteiger partial charge in [0.05, 0.1) is 12.2 Å². The summed E-state index contributed by atoms with van der Waals surface area (Å²) < 4.78 is 11.0. The zero-order valence-corrected chi connectivity index (χ0v) is 10.1. The minimum absolute atomic E-state index is 0.175. The minimum Gasteiger partial charge on any atom is -0.393 e. The molecule has 0 aromatic rings. The van der Waals surface area contributed by atoms with Gasteiger partial charge in [0.15, 0.2) is 0 Å². The van der Waals surface area contributed by atoms with Gasteiger partial charge < -0.3 is 14.6 Å². The Labute approximate surface area is 98.1 Å². The van der Waals surface area contributed by atoms with Crippen LogP contribution in [-0.2, 0) is 9.47 Å². The average Bonchev–Trinajstić information content (AvgIpc) is 2.31. The van der Waals surface area contributed by atoms with E-state index in [1.165, 1.54) is 12.8 Å². The van der Waals surface area contributed by atoms with E-state index in [2.05, 4.69) is 0 Å². The number of aliphatic hydroxyl groups excluding tert-OH is 1. The molecular formula is C13H24O3. The molecule has 2 fully saturated rings. The molecule has 0 aromatic carbocycles. The van der Waals surface area contributed by atoms with Crippen molar-refractivity contribution >= 4 is 0 Å². The van der Waals surface area contributed by atoms with Gasteiger partial charge in [0.2, 0.25) is 0 Å². The molecule has 0 aliphatic carbocycles. The molecule has 0 bridgehead atoms. The molecule has 2 saturated heterocycles. The second-order valence-corrected chi connectivity index (χ2v) is 5.17. The van der Waals surface area contributed by atoms with E-state index in [4.69, 9.17) is 9.47 Å². The van der Waals surface area contributed by atoms with Crippen LogP contribution in [0.4, 0.5) is 0 Å². The fourth-order valence-electron chi connectivity index (χ4n) is 2.76. The maximum absolute atomic E-state index is 10.0. The van der Waals surface area contributed by atoms with Crippen LogP contribution in [0.1, 0.15) is 44.9 Å². The number of rotatable bonds is 4. The van der Waals surface area contributed by atoms with Crippen LogP contribution in [0.5, 0.6) is 0 Å². The van der Waals surface area contributed by atoms with E-state index in [1.54, 1.807) is 0 Å². The van der Waals surface area contributed by atoms with Crippen LogP contribution in [0.3, 0.4) is 0 Å². The Morgan fingerprint density at radius 2 is 1.81 bits per heavy atom. The van der Waals surface area contributed by atoms with Crippen LogP contribution in [0.25, 0.3) is 0 Å². The van der Waals surface area contributed by atoms with E-state index >= 15 is 0 Å². The zero-order valence-electron chi connectivity index (χ0n) is 10.1. The summed E-state index contributed by atoms with van der Waals surface area (Å²) in [5, 5.41) is 10.0. The molecule has 2 unspecified atom stereocenters. The lowest BCUT2D eigenvalue weighted by Gasteiger charge is -2.28. The van der Waals surface area contributed by atoms with E-state index in [0.717, 1.165) is 51.9 Å². The van der Waals surface area contributed by atoms with Gasteiger partial charge in [-0.15, -0.1) is 0 Å². The Morgan fingerprint density at radius 3 is 2.50 bits per heavy atom. The van der Waals surface area contributed by atoms with Gasteiger partial charge in [-0.3, -0.25) is 0 Å². The highest BCUT2D eigenvalue weighted by Gasteiger charge is 2.22. The molecule has 94 valence electrons. The molecule has 2 aliphatic heterocycles. The van der Waals surface area contributed by atoms with Crippen molar-refractivity contribution in [1.82, 2.24) is 0 Å². The Bertz CT molecular complexity index is 164. The molecule has 0 aromatic heterocycles. The van der Waals surface area contributed by atoms with Crippen LogP contribution in [0.2, 0.25) is 0 Å². The van der Waals surface area contributed by atoms with Crippen molar-refractivity contribution in [2.45, 2.75) is 57.2 Å². The first-order chi connectivity index (χ1) is 7.84. The predicted octanol–water partition coefficient (Wildman–Crippen LogP) is 2.12. The molecule has 3 heteroatoms. The zero-order chi connectivity index (χ0) is 11.2. The van der Waals surface area contributed by atoms with E-state index < -0.39 is 0 Å². The summed E-state index contributed by atoms with van der Waals surface area (Å²) >= 11 is 0. The highest BCUT2D eigenvalue weighted by atomic mass is 16.5. The molecule has 0 saturated carbocycles. The lowest BCUT2D eigenvalue weighted by molar-refractivity contribution is -0.0244. The number of aliphatic hydroxyl groups is 1. The summed E-state index contributed by atoms with van der Waals surface area (Å²) in [6.45, 7) is 2.63. The Balaban J connectivity index is 1.64. The van der Waals surface area contributed by atoms with Crippen molar-refractivity contribution < 1.29 is 14.6 Å². The summed E-state index contributed by atoms with van der Waals surface area (Å²) in [6.07, 6.45) is 7.70.